The van der Waals surface area contributed by atoms with Crippen LogP contribution in [0.1, 0.15) is 13.8 Å². The summed E-state index contributed by atoms with van der Waals surface area (Å²) in [4.78, 5) is 41.8. The van der Waals surface area contributed by atoms with E-state index in [1.165, 1.54) is 6.92 Å². The van der Waals surface area contributed by atoms with Crippen molar-refractivity contribution in [2.24, 2.45) is 5.10 Å². The number of hydrazone groups is 1. The number of hydrogen-bond donors (Lipinski definition) is 1. The lowest BCUT2D eigenvalue weighted by atomic mass is 10.2. The average Bonchev–Trinajstić information content (AvgIpc) is 2.51. The minimum absolute atomic E-state index is 0.110. The molecule has 0 fully saturated rings. The van der Waals surface area contributed by atoms with E-state index in [0.717, 1.165) is 31.3 Å². The molecule has 1 N–H and O–H groups in total. The quantitative estimate of drug-likeness (QED) is 0.314. The molecule has 0 aliphatic heterocycles. The third-order valence-corrected chi connectivity index (χ3v) is 2.58. The maximum absolute atomic E-state index is 11.0. The fourth-order valence-electron chi connectivity index (χ4n) is 1.59. The molecule has 134 valence electrons. The molecule has 1 aromatic rings. The number of nitrogens with one attached hydrogen (secondary N) is 1. The van der Waals surface area contributed by atoms with Crippen LogP contribution in [0.2, 0.25) is 0 Å². The fraction of sp³-hybridized carbons (Fsp3) is 0.308. The second kappa shape index (κ2) is 8.90. The van der Waals surface area contributed by atoms with Gasteiger partial charge < -0.3 is 9.47 Å². The van der Waals surface area contributed by atoms with Crippen molar-refractivity contribution in [1.29, 1.82) is 0 Å². The molecule has 0 amide bonds. The zero-order chi connectivity index (χ0) is 19.0. The van der Waals surface area contributed by atoms with E-state index in [1.54, 1.807) is 0 Å². The van der Waals surface area contributed by atoms with Crippen molar-refractivity contribution in [3.8, 4) is 0 Å². The van der Waals surface area contributed by atoms with Gasteiger partial charge in [0.15, 0.2) is 6.10 Å². The van der Waals surface area contributed by atoms with E-state index in [0.29, 0.717) is 0 Å². The van der Waals surface area contributed by atoms with Crippen molar-refractivity contribution in [1.82, 2.24) is 0 Å². The van der Waals surface area contributed by atoms with Gasteiger partial charge in [0.2, 0.25) is 0 Å². The largest absolute Gasteiger partial charge is 0.462 e. The normalized spacial score (nSPS) is 11.6. The Bertz CT molecular complexity index is 718. The molecule has 0 aliphatic rings. The monoisotopic (exact) mass is 354 g/mol. The van der Waals surface area contributed by atoms with Gasteiger partial charge in [0.1, 0.15) is 12.3 Å². The van der Waals surface area contributed by atoms with Crippen LogP contribution >= 0.6 is 0 Å². The van der Waals surface area contributed by atoms with Crippen LogP contribution in [-0.4, -0.2) is 40.7 Å². The van der Waals surface area contributed by atoms with Crippen molar-refractivity contribution < 1.29 is 28.9 Å². The summed E-state index contributed by atoms with van der Waals surface area (Å²) in [6.07, 6.45) is 0.0566. The summed E-state index contributed by atoms with van der Waals surface area (Å²) in [6, 6.07) is 2.95. The van der Waals surface area contributed by atoms with Crippen molar-refractivity contribution in [2.45, 2.75) is 20.0 Å². The Labute approximate surface area is 140 Å². The van der Waals surface area contributed by atoms with Crippen LogP contribution in [0.3, 0.4) is 0 Å². The number of benzene rings is 1. The number of nitro groups is 2. The highest BCUT2D eigenvalue weighted by Crippen LogP contribution is 2.28. The average molecular weight is 354 g/mol. The first kappa shape index (κ1) is 19.5. The van der Waals surface area contributed by atoms with Crippen LogP contribution in [-0.2, 0) is 19.1 Å². The van der Waals surface area contributed by atoms with Gasteiger partial charge in [0.25, 0.3) is 5.69 Å². The summed E-state index contributed by atoms with van der Waals surface area (Å²) in [6.45, 7) is 2.02. The number of anilines is 1. The zero-order valence-electron chi connectivity index (χ0n) is 13.2. The summed E-state index contributed by atoms with van der Waals surface area (Å²) in [5.74, 6) is -1.24. The Kier molecular flexibility index (Phi) is 6.94. The van der Waals surface area contributed by atoms with E-state index in [1.807, 2.05) is 0 Å². The molecule has 0 saturated carbocycles. The highest BCUT2D eigenvalue weighted by atomic mass is 16.6. The van der Waals surface area contributed by atoms with E-state index < -0.39 is 39.3 Å². The minimum Gasteiger partial charge on any atom is -0.462 e. The molecule has 0 aromatic heterocycles. The number of carbonyl (C=O) groups excluding carboxylic acids is 2. The molecule has 12 nitrogen and oxygen atoms in total. The maximum Gasteiger partial charge on any atom is 0.303 e. The molecule has 0 heterocycles. The van der Waals surface area contributed by atoms with Crippen LogP contribution in [0.5, 0.6) is 0 Å². The van der Waals surface area contributed by atoms with Crippen molar-refractivity contribution in [3.63, 3.8) is 0 Å². The SMILES string of the molecule is CC(=O)OCC(/C=N/Nc1ccc([N+](=O)[O-])cc1[N+](=O)[O-])OC(C)=O. The Balaban J connectivity index is 2.90. The lowest BCUT2D eigenvalue weighted by molar-refractivity contribution is -0.393. The van der Waals surface area contributed by atoms with Crippen LogP contribution in [0.15, 0.2) is 23.3 Å². The second-order valence-corrected chi connectivity index (χ2v) is 4.56. The third kappa shape index (κ3) is 6.60. The smallest absolute Gasteiger partial charge is 0.303 e. The summed E-state index contributed by atoms with van der Waals surface area (Å²) in [7, 11) is 0. The topological polar surface area (TPSA) is 163 Å². The van der Waals surface area contributed by atoms with Crippen LogP contribution in [0.4, 0.5) is 17.1 Å². The fourth-order valence-corrected chi connectivity index (χ4v) is 1.59. The lowest BCUT2D eigenvalue weighted by Crippen LogP contribution is -2.25. The number of non-ortho nitro benzene ring substituents is 1. The van der Waals surface area contributed by atoms with Gasteiger partial charge in [-0.25, -0.2) is 0 Å². The Morgan fingerprint density at radius 2 is 1.92 bits per heavy atom. The summed E-state index contributed by atoms with van der Waals surface area (Å²) in [5.41, 5.74) is 1.21. The van der Waals surface area contributed by atoms with Gasteiger partial charge in [0, 0.05) is 19.9 Å². The first-order chi connectivity index (χ1) is 11.7. The van der Waals surface area contributed by atoms with Gasteiger partial charge >= 0.3 is 17.6 Å². The Morgan fingerprint density at radius 1 is 1.24 bits per heavy atom. The number of carbonyl (C=O) groups is 2. The molecule has 1 unspecified atom stereocenters. The van der Waals surface area contributed by atoms with Gasteiger partial charge in [-0.2, -0.15) is 5.10 Å². The van der Waals surface area contributed by atoms with E-state index >= 15 is 0 Å². The second-order valence-electron chi connectivity index (χ2n) is 4.56. The highest BCUT2D eigenvalue weighted by Gasteiger charge is 2.19. The van der Waals surface area contributed by atoms with Crippen molar-refractivity contribution >= 4 is 35.2 Å². The van der Waals surface area contributed by atoms with Crippen molar-refractivity contribution in [3.05, 3.63) is 38.4 Å². The number of hydrogen-bond acceptors (Lipinski definition) is 10. The summed E-state index contributed by atoms with van der Waals surface area (Å²) in [5, 5.41) is 25.3. The van der Waals surface area contributed by atoms with Gasteiger partial charge in [-0.05, 0) is 6.07 Å². The minimum atomic E-state index is -1.01. The van der Waals surface area contributed by atoms with Gasteiger partial charge in [-0.3, -0.25) is 35.2 Å². The number of ether oxygens (including phenoxy) is 2. The molecule has 1 atom stereocenters. The molecular formula is C13H14N4O8. The molecule has 25 heavy (non-hydrogen) atoms. The van der Waals surface area contributed by atoms with E-state index in [-0.39, 0.29) is 12.3 Å². The maximum atomic E-state index is 11.0. The van der Waals surface area contributed by atoms with Gasteiger partial charge in [-0.15, -0.1) is 0 Å². The number of esters is 2. The van der Waals surface area contributed by atoms with E-state index in [2.05, 4.69) is 10.5 Å². The molecule has 1 aromatic carbocycles. The first-order valence-corrected chi connectivity index (χ1v) is 6.73. The molecular weight excluding hydrogens is 340 g/mol. The summed E-state index contributed by atoms with van der Waals surface area (Å²) >= 11 is 0. The zero-order valence-corrected chi connectivity index (χ0v) is 13.2. The molecule has 0 bridgehead atoms. The number of rotatable bonds is 8. The molecule has 12 heteroatoms. The highest BCUT2D eigenvalue weighted by molar-refractivity contribution is 5.74. The van der Waals surface area contributed by atoms with Crippen LogP contribution < -0.4 is 5.43 Å². The molecule has 0 spiro atoms. The number of nitrogens with zero attached hydrogens (tertiary/aromatic N) is 3. The van der Waals surface area contributed by atoms with Crippen LogP contribution in [0.25, 0.3) is 0 Å². The Morgan fingerprint density at radius 3 is 2.44 bits per heavy atom. The Hall–Kier alpha value is -3.57. The number of nitro benzene ring substituents is 2. The van der Waals surface area contributed by atoms with E-state index in [9.17, 15) is 29.8 Å². The standard InChI is InChI=1S/C13H14N4O8/c1-8(18)24-7-11(25-9(2)19)6-14-15-12-4-3-10(16(20)21)5-13(12)17(22)23/h3-6,11,15H,7H2,1-2H3/b14-6+. The van der Waals surface area contributed by atoms with Crippen molar-refractivity contribution in [2.75, 3.05) is 12.0 Å². The predicted octanol–water partition coefficient (Wildman–Crippen LogP) is 1.40. The molecule has 0 aliphatic carbocycles. The predicted molar refractivity (Wildman–Crippen MR) is 84.1 cm³/mol. The van der Waals surface area contributed by atoms with Gasteiger partial charge in [0.05, 0.1) is 22.1 Å². The third-order valence-electron chi connectivity index (χ3n) is 2.58. The first-order valence-electron chi connectivity index (χ1n) is 6.73. The molecule has 0 saturated heterocycles. The molecule has 0 radical (unpaired) electrons. The molecule has 1 rings (SSSR count). The van der Waals surface area contributed by atoms with Crippen LogP contribution in [0, 0.1) is 20.2 Å². The van der Waals surface area contributed by atoms with E-state index in [4.69, 9.17) is 9.47 Å². The summed E-state index contributed by atoms with van der Waals surface area (Å²) < 4.78 is 9.53. The van der Waals surface area contributed by atoms with Gasteiger partial charge in [-0.1, -0.05) is 0 Å². The lowest BCUT2D eigenvalue weighted by Gasteiger charge is -2.12.